The SMILES string of the molecule is CC(C)CN(C)CCC(=O)Nc1cccc(N)c1. The van der Waals surface area contributed by atoms with E-state index in [9.17, 15) is 4.79 Å². The Bertz CT molecular complexity index is 390. The second-order valence-corrected chi connectivity index (χ2v) is 5.08. The van der Waals surface area contributed by atoms with E-state index in [0.717, 1.165) is 18.8 Å². The standard InChI is InChI=1S/C14H23N3O/c1-11(2)10-17(3)8-7-14(18)16-13-6-4-5-12(15)9-13/h4-6,9,11H,7-8,10,15H2,1-3H3,(H,16,18). The maximum Gasteiger partial charge on any atom is 0.225 e. The van der Waals surface area contributed by atoms with Gasteiger partial charge < -0.3 is 16.0 Å². The van der Waals surface area contributed by atoms with Crippen LogP contribution in [-0.2, 0) is 4.79 Å². The van der Waals surface area contributed by atoms with Gasteiger partial charge >= 0.3 is 0 Å². The minimum Gasteiger partial charge on any atom is -0.399 e. The molecule has 1 rings (SSSR count). The first-order valence-electron chi connectivity index (χ1n) is 6.31. The highest BCUT2D eigenvalue weighted by molar-refractivity contribution is 5.91. The lowest BCUT2D eigenvalue weighted by atomic mass is 10.2. The molecule has 0 aliphatic rings. The average Bonchev–Trinajstić information content (AvgIpc) is 2.25. The van der Waals surface area contributed by atoms with Crippen molar-refractivity contribution in [2.24, 2.45) is 5.92 Å². The first kappa shape index (κ1) is 14.5. The van der Waals surface area contributed by atoms with Crippen molar-refractivity contribution in [2.75, 3.05) is 31.2 Å². The fourth-order valence-corrected chi connectivity index (χ4v) is 1.85. The number of rotatable bonds is 6. The van der Waals surface area contributed by atoms with E-state index in [2.05, 4.69) is 24.1 Å². The zero-order chi connectivity index (χ0) is 13.5. The Morgan fingerprint density at radius 3 is 2.78 bits per heavy atom. The highest BCUT2D eigenvalue weighted by atomic mass is 16.1. The Hall–Kier alpha value is -1.55. The molecule has 1 amide bonds. The summed E-state index contributed by atoms with van der Waals surface area (Å²) in [5.41, 5.74) is 7.06. The van der Waals surface area contributed by atoms with Gasteiger partial charge in [-0.15, -0.1) is 0 Å². The molecular weight excluding hydrogens is 226 g/mol. The van der Waals surface area contributed by atoms with E-state index in [1.165, 1.54) is 0 Å². The van der Waals surface area contributed by atoms with E-state index in [-0.39, 0.29) is 5.91 Å². The smallest absolute Gasteiger partial charge is 0.225 e. The first-order valence-corrected chi connectivity index (χ1v) is 6.31. The Morgan fingerprint density at radius 1 is 1.44 bits per heavy atom. The van der Waals surface area contributed by atoms with Crippen molar-refractivity contribution in [2.45, 2.75) is 20.3 Å². The Kier molecular flexibility index (Phi) is 5.65. The van der Waals surface area contributed by atoms with Crippen molar-refractivity contribution in [1.29, 1.82) is 0 Å². The zero-order valence-corrected chi connectivity index (χ0v) is 11.4. The molecule has 0 aliphatic heterocycles. The summed E-state index contributed by atoms with van der Waals surface area (Å²) in [6.07, 6.45) is 0.498. The number of nitrogens with two attached hydrogens (primary N) is 1. The van der Waals surface area contributed by atoms with Crippen molar-refractivity contribution in [3.05, 3.63) is 24.3 Å². The third-order valence-corrected chi connectivity index (χ3v) is 2.57. The lowest BCUT2D eigenvalue weighted by molar-refractivity contribution is -0.116. The number of amides is 1. The van der Waals surface area contributed by atoms with E-state index in [0.29, 0.717) is 18.0 Å². The topological polar surface area (TPSA) is 58.4 Å². The molecule has 0 heterocycles. The molecule has 0 saturated carbocycles. The summed E-state index contributed by atoms with van der Waals surface area (Å²) in [6.45, 7) is 6.12. The van der Waals surface area contributed by atoms with Crippen LogP contribution in [0, 0.1) is 5.92 Å². The van der Waals surface area contributed by atoms with Gasteiger partial charge in [0.05, 0.1) is 0 Å². The molecule has 4 heteroatoms. The number of hydrogen-bond acceptors (Lipinski definition) is 3. The summed E-state index contributed by atoms with van der Waals surface area (Å²) in [5, 5.41) is 2.85. The lowest BCUT2D eigenvalue weighted by Gasteiger charge is -2.18. The molecule has 0 spiro atoms. The van der Waals surface area contributed by atoms with E-state index in [1.54, 1.807) is 12.1 Å². The molecule has 4 nitrogen and oxygen atoms in total. The van der Waals surface area contributed by atoms with Crippen LogP contribution in [0.2, 0.25) is 0 Å². The van der Waals surface area contributed by atoms with Crippen molar-refractivity contribution in [3.63, 3.8) is 0 Å². The zero-order valence-electron chi connectivity index (χ0n) is 11.4. The second-order valence-electron chi connectivity index (χ2n) is 5.08. The third-order valence-electron chi connectivity index (χ3n) is 2.57. The van der Waals surface area contributed by atoms with Gasteiger partial charge in [0.15, 0.2) is 0 Å². The van der Waals surface area contributed by atoms with Gasteiger partial charge in [-0.3, -0.25) is 4.79 Å². The van der Waals surface area contributed by atoms with Crippen LogP contribution >= 0.6 is 0 Å². The molecule has 100 valence electrons. The fourth-order valence-electron chi connectivity index (χ4n) is 1.85. The molecule has 0 fully saturated rings. The maximum absolute atomic E-state index is 11.7. The summed E-state index contributed by atoms with van der Waals surface area (Å²) in [5.74, 6) is 0.642. The van der Waals surface area contributed by atoms with E-state index >= 15 is 0 Å². The molecule has 18 heavy (non-hydrogen) atoms. The minimum atomic E-state index is 0.0243. The predicted octanol–water partition coefficient (Wildman–Crippen LogP) is 2.19. The van der Waals surface area contributed by atoms with Crippen molar-refractivity contribution >= 4 is 17.3 Å². The van der Waals surface area contributed by atoms with Gasteiger partial charge in [0, 0.05) is 30.9 Å². The number of nitrogens with one attached hydrogen (secondary N) is 1. The molecule has 0 saturated heterocycles. The molecule has 0 unspecified atom stereocenters. The van der Waals surface area contributed by atoms with Crippen LogP contribution < -0.4 is 11.1 Å². The number of hydrogen-bond donors (Lipinski definition) is 2. The van der Waals surface area contributed by atoms with Gasteiger partial charge in [-0.05, 0) is 31.2 Å². The summed E-state index contributed by atoms with van der Waals surface area (Å²) >= 11 is 0. The average molecular weight is 249 g/mol. The van der Waals surface area contributed by atoms with Gasteiger partial charge in [0.2, 0.25) is 5.91 Å². The lowest BCUT2D eigenvalue weighted by Crippen LogP contribution is -2.27. The van der Waals surface area contributed by atoms with Crippen LogP contribution in [0.5, 0.6) is 0 Å². The molecular formula is C14H23N3O. The van der Waals surface area contributed by atoms with Crippen LogP contribution in [0.15, 0.2) is 24.3 Å². The Balaban J connectivity index is 2.34. The molecule has 0 bridgehead atoms. The van der Waals surface area contributed by atoms with E-state index in [4.69, 9.17) is 5.73 Å². The second kappa shape index (κ2) is 7.01. The number of benzene rings is 1. The molecule has 0 radical (unpaired) electrons. The van der Waals surface area contributed by atoms with Crippen molar-refractivity contribution in [1.82, 2.24) is 4.90 Å². The molecule has 0 atom stereocenters. The van der Waals surface area contributed by atoms with Gasteiger partial charge in [-0.25, -0.2) is 0 Å². The summed E-state index contributed by atoms with van der Waals surface area (Å²) < 4.78 is 0. The third kappa shape index (κ3) is 5.68. The van der Waals surface area contributed by atoms with E-state index in [1.807, 2.05) is 19.2 Å². The monoisotopic (exact) mass is 249 g/mol. The highest BCUT2D eigenvalue weighted by Crippen LogP contribution is 2.11. The van der Waals surface area contributed by atoms with Crippen LogP contribution in [0.1, 0.15) is 20.3 Å². The first-order chi connectivity index (χ1) is 8.47. The summed E-state index contributed by atoms with van der Waals surface area (Å²) in [7, 11) is 2.04. The van der Waals surface area contributed by atoms with Crippen LogP contribution in [0.25, 0.3) is 0 Å². The maximum atomic E-state index is 11.7. The number of nitrogen functional groups attached to an aromatic ring is 1. The number of nitrogens with zero attached hydrogens (tertiary/aromatic N) is 1. The highest BCUT2D eigenvalue weighted by Gasteiger charge is 2.06. The number of carbonyl (C=O) groups excluding carboxylic acids is 1. The van der Waals surface area contributed by atoms with Crippen LogP contribution in [-0.4, -0.2) is 30.9 Å². The minimum absolute atomic E-state index is 0.0243. The molecule has 1 aromatic rings. The molecule has 0 aliphatic carbocycles. The summed E-state index contributed by atoms with van der Waals surface area (Å²) in [6, 6.07) is 7.23. The van der Waals surface area contributed by atoms with Gasteiger partial charge in [-0.2, -0.15) is 0 Å². The van der Waals surface area contributed by atoms with Gasteiger partial charge in [0.25, 0.3) is 0 Å². The van der Waals surface area contributed by atoms with E-state index < -0.39 is 0 Å². The largest absolute Gasteiger partial charge is 0.399 e. The van der Waals surface area contributed by atoms with Crippen molar-refractivity contribution < 1.29 is 4.79 Å². The van der Waals surface area contributed by atoms with Crippen LogP contribution in [0.3, 0.4) is 0 Å². The Labute approximate surface area is 109 Å². The Morgan fingerprint density at radius 2 is 2.17 bits per heavy atom. The van der Waals surface area contributed by atoms with Gasteiger partial charge in [0.1, 0.15) is 0 Å². The normalized spacial score (nSPS) is 10.9. The quantitative estimate of drug-likeness (QED) is 0.760. The van der Waals surface area contributed by atoms with Crippen molar-refractivity contribution in [3.8, 4) is 0 Å². The molecule has 1 aromatic carbocycles. The summed E-state index contributed by atoms with van der Waals surface area (Å²) in [4.78, 5) is 13.9. The van der Waals surface area contributed by atoms with Gasteiger partial charge in [-0.1, -0.05) is 19.9 Å². The number of anilines is 2. The number of carbonyl (C=O) groups is 1. The van der Waals surface area contributed by atoms with Crippen LogP contribution in [0.4, 0.5) is 11.4 Å². The fraction of sp³-hybridized carbons (Fsp3) is 0.500. The molecule has 3 N–H and O–H groups in total. The predicted molar refractivity (Wildman–Crippen MR) is 76.4 cm³/mol. The molecule has 0 aromatic heterocycles.